The van der Waals surface area contributed by atoms with Crippen molar-refractivity contribution in [2.45, 2.75) is 523 Å². The van der Waals surface area contributed by atoms with Gasteiger partial charge in [-0.1, -0.05) is 652 Å². The number of aliphatic carboxylic acids is 1. The number of para-hydroxylation sites is 1. The molecule has 0 aliphatic heterocycles. The van der Waals surface area contributed by atoms with E-state index in [9.17, 15) is 4.79 Å². The van der Waals surface area contributed by atoms with Gasteiger partial charge in [-0.3, -0.25) is 4.79 Å². The van der Waals surface area contributed by atoms with Crippen molar-refractivity contribution in [1.29, 1.82) is 0 Å². The summed E-state index contributed by atoms with van der Waals surface area (Å²) in [6.07, 6.45) is 84.4. The van der Waals surface area contributed by atoms with Gasteiger partial charge in [0.25, 0.3) is 0 Å². The van der Waals surface area contributed by atoms with Crippen molar-refractivity contribution in [3.05, 3.63) is 252 Å². The topological polar surface area (TPSA) is 55.8 Å². The Morgan fingerprint density at radius 1 is 0.248 bits per heavy atom. The van der Waals surface area contributed by atoms with Crippen molar-refractivity contribution in [1.82, 2.24) is 0 Å². The van der Waals surface area contributed by atoms with Crippen LogP contribution in [0.1, 0.15) is 518 Å². The lowest BCUT2D eigenvalue weighted by Gasteiger charge is -2.20. The number of carbonyl (C=O) groups is 1. The first-order valence-corrected chi connectivity index (χ1v) is 58.4. The molecule has 1 N–H and O–H groups in total. The number of hydrogen-bond donors (Lipinski definition) is 1. The lowest BCUT2D eigenvalue weighted by molar-refractivity contribution is -0.136. The van der Waals surface area contributed by atoms with Crippen molar-refractivity contribution < 1.29 is 19.4 Å². The molecule has 12 rings (SSSR count). The van der Waals surface area contributed by atoms with Gasteiger partial charge in [0.15, 0.2) is 0 Å². The molecular weight excluding hydrogens is 1660 g/mol. The van der Waals surface area contributed by atoms with Crippen LogP contribution in [0.3, 0.4) is 0 Å². The summed E-state index contributed by atoms with van der Waals surface area (Å²) >= 11 is 0. The van der Waals surface area contributed by atoms with Crippen LogP contribution in [0, 0.1) is 30.6 Å². The lowest BCUT2D eigenvalue weighted by Crippen LogP contribution is -2.05. The second-order valence-corrected chi connectivity index (χ2v) is 39.0. The minimum Gasteiger partial charge on any atom is -0.494 e. The number of rotatable bonds is 42. The third-order valence-electron chi connectivity index (χ3n) is 26.0. The van der Waals surface area contributed by atoms with Gasteiger partial charge >= 0.3 is 5.97 Å². The number of fused-ring (bicyclic) bond motifs is 1. The zero-order valence-corrected chi connectivity index (χ0v) is 93.8. The normalized spacial score (nSPS) is 13.0. The molecule has 8 aromatic carbocycles. The summed E-state index contributed by atoms with van der Waals surface area (Å²) < 4.78 is 11.1. The SMILES string of the molecule is CCC(=O)O.CCC1CCCCC1.CCCC1CCCCC1.CCCCC1CCCCC1.CCCCCC.CCCCCC1CCCCC1.CCCCCCC.CCCCCCCC.CCCCCc1ccccc1.CCCCOc1ccc2ccccc2c1.CCCCOc1ccccc1.CCCCc1ccccc1.CCCc1ccccc1.CCc1ccc(C)cc1.CCc1ccccc1. The fourth-order valence-electron chi connectivity index (χ4n) is 16.8. The summed E-state index contributed by atoms with van der Waals surface area (Å²) in [5, 5.41) is 10.2. The maximum atomic E-state index is 9.37. The van der Waals surface area contributed by atoms with E-state index in [4.69, 9.17) is 14.6 Å². The molecular formula is C133H224O4. The molecule has 0 aromatic heterocycles. The third kappa shape index (κ3) is 93.8. The molecule has 0 bridgehead atoms. The molecule has 4 nitrogen and oxygen atoms in total. The van der Waals surface area contributed by atoms with E-state index in [0.717, 1.165) is 74.1 Å². The summed E-state index contributed by atoms with van der Waals surface area (Å²) in [4.78, 5) is 9.37. The molecule has 0 amide bonds. The van der Waals surface area contributed by atoms with Crippen molar-refractivity contribution >= 4 is 16.7 Å². The van der Waals surface area contributed by atoms with Crippen LogP contribution in [0.4, 0.5) is 0 Å². The van der Waals surface area contributed by atoms with Gasteiger partial charge in [-0.2, -0.15) is 0 Å². The molecule has 780 valence electrons. The molecule has 0 saturated heterocycles. The maximum absolute atomic E-state index is 9.37. The highest BCUT2D eigenvalue weighted by Crippen LogP contribution is 2.31. The van der Waals surface area contributed by atoms with Crippen molar-refractivity contribution in [3.63, 3.8) is 0 Å². The molecule has 0 atom stereocenters. The molecule has 0 spiro atoms. The van der Waals surface area contributed by atoms with Crippen LogP contribution < -0.4 is 9.47 Å². The summed E-state index contributed by atoms with van der Waals surface area (Å²) in [5.74, 6) is 5.60. The second-order valence-electron chi connectivity index (χ2n) is 39.0. The number of benzene rings is 8. The summed E-state index contributed by atoms with van der Waals surface area (Å²) in [6, 6.07) is 75.6. The van der Waals surface area contributed by atoms with E-state index in [1.807, 2.05) is 42.5 Å². The summed E-state index contributed by atoms with van der Waals surface area (Å²) in [7, 11) is 0. The van der Waals surface area contributed by atoms with E-state index in [0.29, 0.717) is 0 Å². The number of aryl methyl sites for hydroxylation is 6. The Balaban J connectivity index is -0.00000141. The van der Waals surface area contributed by atoms with Crippen molar-refractivity contribution in [2.24, 2.45) is 23.7 Å². The Labute approximate surface area is 853 Å². The molecule has 4 saturated carbocycles. The number of unbranched alkanes of at least 4 members (excludes halogenated alkanes) is 20. The number of carboxylic acids is 1. The minimum atomic E-state index is -0.745. The fraction of sp³-hybridized carbons (Fsp3) is 0.647. The standard InChI is InChI=1S/C14H16O.C11H22.C11H16.C10H14O.C10H20.C10H14.C9H12.C9H18.C9H12.C8H16.C8H10.C8H18.C7H16.C6H14.C3H6O2/c1-2-3-10-15-14-9-8-12-6-4-5-7-13(12)11-14;2*1-2-3-5-8-11-9-6-4-7-10-11;1-2-3-9-11-10-7-5-4-6-8-10;2*1-2-3-7-10-8-5-4-6-9-10;1-3-9-6-4-8(2)5-7-9;2*1-2-6-9-7-4-3-5-8-9;2*1-2-8-6-4-3-5-7-8;1-3-5-7-8-6-4-2;1-3-5-7-6-4-2;1-3-5-6-4-2;1-2-3(4)5/h4-9,11H,2-3,10H2,1H3;11H,2-10H2,1H3;4,6-7,9-10H,2-3,5,8H2,1H3;4-8H,2-3,9H2,1H3;10H,2-9H2,1H3;4-6,8-9H,2-3,7H2,1H3;4-7H,3H2,1-2H3;9H,2-8H2,1H3;3-5,7-8H,2,6H2,1H3;8H,2-7H2,1H3;3-7H,2H2,1H3;3-8H2,1-2H3;3-7H2,1-2H3;3-6H2,1-2H3;2H2,1H3,(H,4,5). The molecule has 4 fully saturated rings. The van der Waals surface area contributed by atoms with Crippen molar-refractivity contribution in [3.8, 4) is 11.5 Å². The fourth-order valence-corrected chi connectivity index (χ4v) is 16.8. The Morgan fingerprint density at radius 3 is 0.898 bits per heavy atom. The van der Waals surface area contributed by atoms with Gasteiger partial charge in [0.1, 0.15) is 11.5 Å². The van der Waals surface area contributed by atoms with E-state index in [1.165, 1.54) is 404 Å². The van der Waals surface area contributed by atoms with Gasteiger partial charge in [0.05, 0.1) is 13.2 Å². The largest absolute Gasteiger partial charge is 0.494 e. The second kappa shape index (κ2) is 109. The van der Waals surface area contributed by atoms with Gasteiger partial charge < -0.3 is 14.6 Å². The van der Waals surface area contributed by atoms with Crippen LogP contribution in [0.5, 0.6) is 11.5 Å². The van der Waals surface area contributed by atoms with E-state index >= 15 is 0 Å². The Hall–Kier alpha value is -6.91. The highest BCUT2D eigenvalue weighted by molar-refractivity contribution is 5.83. The van der Waals surface area contributed by atoms with Gasteiger partial charge in [0, 0.05) is 6.42 Å². The smallest absolute Gasteiger partial charge is 0.303 e. The molecule has 4 aliphatic rings. The highest BCUT2D eigenvalue weighted by Gasteiger charge is 2.15. The predicted octanol–water partition coefficient (Wildman–Crippen LogP) is 44.4. The Morgan fingerprint density at radius 2 is 0.547 bits per heavy atom. The van der Waals surface area contributed by atoms with Crippen LogP contribution in [0.25, 0.3) is 10.8 Å². The molecule has 4 aliphatic carbocycles. The summed E-state index contributed by atoms with van der Waals surface area (Å²) in [6.45, 7) is 43.4. The molecule has 0 heterocycles. The molecule has 137 heavy (non-hydrogen) atoms. The zero-order valence-electron chi connectivity index (χ0n) is 93.8. The van der Waals surface area contributed by atoms with Crippen LogP contribution >= 0.6 is 0 Å². The average molecular weight is 1890 g/mol. The molecule has 4 heteroatoms. The quantitative estimate of drug-likeness (QED) is 0.0388. The third-order valence-corrected chi connectivity index (χ3v) is 26.0. The minimum absolute atomic E-state index is 0.222. The first-order valence-electron chi connectivity index (χ1n) is 58.4. The molecule has 0 radical (unpaired) electrons. The zero-order chi connectivity index (χ0) is 101. The van der Waals surface area contributed by atoms with E-state index in [1.54, 1.807) is 6.92 Å². The van der Waals surface area contributed by atoms with Gasteiger partial charge in [0.2, 0.25) is 0 Å². The van der Waals surface area contributed by atoms with Crippen molar-refractivity contribution in [2.75, 3.05) is 13.2 Å². The van der Waals surface area contributed by atoms with E-state index in [-0.39, 0.29) is 6.42 Å². The maximum Gasteiger partial charge on any atom is 0.303 e. The van der Waals surface area contributed by atoms with Gasteiger partial charge in [-0.15, -0.1) is 0 Å². The number of ether oxygens (including phenoxy) is 2. The highest BCUT2D eigenvalue weighted by atomic mass is 16.5. The van der Waals surface area contributed by atoms with E-state index < -0.39 is 5.97 Å². The van der Waals surface area contributed by atoms with Crippen LogP contribution in [0.2, 0.25) is 0 Å². The average Bonchev–Trinajstić information content (AvgIpc) is 0.844. The summed E-state index contributed by atoms with van der Waals surface area (Å²) in [5.41, 5.74) is 8.55. The lowest BCUT2D eigenvalue weighted by atomic mass is 9.86. The monoisotopic (exact) mass is 1890 g/mol. The van der Waals surface area contributed by atoms with E-state index in [2.05, 4.69) is 301 Å². The van der Waals surface area contributed by atoms with Gasteiger partial charge in [-0.05, 0) is 151 Å². The first kappa shape index (κ1) is 134. The predicted molar refractivity (Wildman–Crippen MR) is 619 cm³/mol. The molecule has 0 unspecified atom stereocenters. The number of hydrogen-bond acceptors (Lipinski definition) is 3. The van der Waals surface area contributed by atoms with Crippen LogP contribution in [-0.2, 0) is 36.9 Å². The molecule has 8 aromatic rings. The van der Waals surface area contributed by atoms with Crippen LogP contribution in [-0.4, -0.2) is 24.3 Å². The Bertz CT molecular complexity index is 3470. The number of carboxylic acid groups (broad SMARTS) is 1. The van der Waals surface area contributed by atoms with Crippen LogP contribution in [0.15, 0.2) is 218 Å². The first-order chi connectivity index (χ1) is 67.1. The van der Waals surface area contributed by atoms with Gasteiger partial charge in [-0.25, -0.2) is 0 Å². The Kier molecular flexibility index (Phi) is 107.